The zero-order valence-corrected chi connectivity index (χ0v) is 17.1. The van der Waals surface area contributed by atoms with Gasteiger partial charge in [-0.05, 0) is 12.1 Å². The van der Waals surface area contributed by atoms with E-state index >= 15 is 0 Å². The minimum atomic E-state index is -0.0610. The molecule has 25 heavy (non-hydrogen) atoms. The summed E-state index contributed by atoms with van der Waals surface area (Å²) in [7, 11) is 3.41. The van der Waals surface area contributed by atoms with Crippen molar-refractivity contribution in [2.24, 2.45) is 4.99 Å². The molecule has 0 aromatic carbocycles. The molecule has 2 heterocycles. The van der Waals surface area contributed by atoms with Gasteiger partial charge >= 0.3 is 0 Å². The summed E-state index contributed by atoms with van der Waals surface area (Å²) in [6.07, 6.45) is 1.52. The van der Waals surface area contributed by atoms with Crippen LogP contribution >= 0.6 is 24.0 Å². The predicted octanol–water partition coefficient (Wildman–Crippen LogP) is 0.894. The molecule has 1 aliphatic heterocycles. The van der Waals surface area contributed by atoms with Gasteiger partial charge in [0.25, 0.3) is 5.91 Å². The monoisotopic (exact) mass is 466 g/mol. The van der Waals surface area contributed by atoms with Gasteiger partial charge in [0.2, 0.25) is 0 Å². The summed E-state index contributed by atoms with van der Waals surface area (Å²) in [5, 5.41) is 3.28. The number of aliphatic imine (C=N–C) groups is 1. The van der Waals surface area contributed by atoms with Gasteiger partial charge in [-0.25, -0.2) is 0 Å². The van der Waals surface area contributed by atoms with E-state index in [1.54, 1.807) is 31.2 Å². The van der Waals surface area contributed by atoms with Crippen LogP contribution in [0.15, 0.2) is 27.8 Å². The normalized spacial score (nSPS) is 15.0. The number of nitrogens with one attached hydrogen (secondary N) is 1. The van der Waals surface area contributed by atoms with Crippen molar-refractivity contribution in [2.45, 2.75) is 0 Å². The van der Waals surface area contributed by atoms with Gasteiger partial charge < -0.3 is 29.0 Å². The largest absolute Gasteiger partial charge is 0.459 e. The van der Waals surface area contributed by atoms with Crippen LogP contribution in [0, 0.1) is 0 Å². The summed E-state index contributed by atoms with van der Waals surface area (Å²) in [4.78, 5) is 20.5. The molecule has 1 amide bonds. The topological polar surface area (TPSA) is 79.5 Å². The van der Waals surface area contributed by atoms with Crippen molar-refractivity contribution < 1.29 is 18.7 Å². The summed E-state index contributed by atoms with van der Waals surface area (Å²) in [6, 6.07) is 3.42. The molecule has 0 spiro atoms. The quantitative estimate of drug-likeness (QED) is 0.279. The Labute approximate surface area is 165 Å². The molecule has 9 heteroatoms. The minimum Gasteiger partial charge on any atom is -0.459 e. The second kappa shape index (κ2) is 12.1. The van der Waals surface area contributed by atoms with Gasteiger partial charge in [0.15, 0.2) is 11.7 Å². The SMILES string of the molecule is CN=C(NCCOCCOC)N1CCN(C(=O)c2ccco2)CC1.I. The zero-order valence-electron chi connectivity index (χ0n) is 14.8. The van der Waals surface area contributed by atoms with Crippen LogP contribution in [0.5, 0.6) is 0 Å². The molecular formula is C16H27IN4O4. The third-order valence-electron chi connectivity index (χ3n) is 3.77. The minimum absolute atomic E-state index is 0. The van der Waals surface area contributed by atoms with Crippen LogP contribution < -0.4 is 5.32 Å². The van der Waals surface area contributed by atoms with Gasteiger partial charge in [-0.2, -0.15) is 0 Å². The average molecular weight is 466 g/mol. The lowest BCUT2D eigenvalue weighted by Crippen LogP contribution is -2.54. The number of carbonyl (C=O) groups is 1. The molecule has 0 aliphatic carbocycles. The highest BCUT2D eigenvalue weighted by molar-refractivity contribution is 14.0. The van der Waals surface area contributed by atoms with Crippen molar-refractivity contribution in [1.29, 1.82) is 0 Å². The first-order valence-corrected chi connectivity index (χ1v) is 8.11. The van der Waals surface area contributed by atoms with Crippen LogP contribution in [-0.4, -0.2) is 88.4 Å². The first-order chi connectivity index (χ1) is 11.8. The van der Waals surface area contributed by atoms with Crippen molar-refractivity contribution in [3.63, 3.8) is 0 Å². The number of hydrogen-bond donors (Lipinski definition) is 1. The molecule has 0 saturated carbocycles. The summed E-state index contributed by atoms with van der Waals surface area (Å²) >= 11 is 0. The number of rotatable bonds is 7. The Morgan fingerprint density at radius 2 is 1.96 bits per heavy atom. The molecule has 0 bridgehead atoms. The molecule has 142 valence electrons. The fourth-order valence-electron chi connectivity index (χ4n) is 2.49. The van der Waals surface area contributed by atoms with Gasteiger partial charge in [-0.3, -0.25) is 9.79 Å². The summed E-state index contributed by atoms with van der Waals surface area (Å²) in [6.45, 7) is 5.22. The molecule has 2 rings (SSSR count). The highest BCUT2D eigenvalue weighted by atomic mass is 127. The Morgan fingerprint density at radius 1 is 1.24 bits per heavy atom. The van der Waals surface area contributed by atoms with Crippen LogP contribution in [0.1, 0.15) is 10.6 Å². The Bertz CT molecular complexity index is 516. The van der Waals surface area contributed by atoms with Crippen LogP contribution in [0.2, 0.25) is 0 Å². The van der Waals surface area contributed by atoms with E-state index in [1.165, 1.54) is 6.26 Å². The highest BCUT2D eigenvalue weighted by Gasteiger charge is 2.24. The van der Waals surface area contributed by atoms with Gasteiger partial charge in [0.1, 0.15) is 0 Å². The average Bonchev–Trinajstić information content (AvgIpc) is 3.15. The summed E-state index contributed by atoms with van der Waals surface area (Å²) < 4.78 is 15.5. The summed E-state index contributed by atoms with van der Waals surface area (Å²) in [5.74, 6) is 1.16. The van der Waals surface area contributed by atoms with E-state index in [9.17, 15) is 4.79 Å². The fourth-order valence-corrected chi connectivity index (χ4v) is 2.49. The predicted molar refractivity (Wildman–Crippen MR) is 106 cm³/mol. The van der Waals surface area contributed by atoms with E-state index in [-0.39, 0.29) is 29.9 Å². The van der Waals surface area contributed by atoms with E-state index in [0.29, 0.717) is 45.2 Å². The number of nitrogens with zero attached hydrogens (tertiary/aromatic N) is 3. The van der Waals surface area contributed by atoms with Crippen LogP contribution in [0.25, 0.3) is 0 Å². The van der Waals surface area contributed by atoms with E-state index < -0.39 is 0 Å². The Balaban J connectivity index is 0.00000312. The molecule has 1 aliphatic rings. The lowest BCUT2D eigenvalue weighted by molar-refractivity contribution is 0.0653. The van der Waals surface area contributed by atoms with Crippen LogP contribution in [0.3, 0.4) is 0 Å². The van der Waals surface area contributed by atoms with Gasteiger partial charge in [-0.1, -0.05) is 0 Å². The van der Waals surface area contributed by atoms with E-state index in [2.05, 4.69) is 15.2 Å². The van der Waals surface area contributed by atoms with Crippen molar-refractivity contribution >= 4 is 35.8 Å². The van der Waals surface area contributed by atoms with Gasteiger partial charge in [0, 0.05) is 46.9 Å². The Kier molecular flexibility index (Phi) is 10.5. The second-order valence-corrected chi connectivity index (χ2v) is 5.34. The number of methoxy groups -OCH3 is 1. The van der Waals surface area contributed by atoms with Crippen molar-refractivity contribution in [2.75, 3.05) is 66.7 Å². The number of furan rings is 1. The number of halogens is 1. The number of amides is 1. The molecule has 1 saturated heterocycles. The zero-order chi connectivity index (χ0) is 17.2. The molecule has 1 N–H and O–H groups in total. The van der Waals surface area contributed by atoms with Crippen LogP contribution in [0.4, 0.5) is 0 Å². The number of carbonyl (C=O) groups excluding carboxylic acids is 1. The van der Waals surface area contributed by atoms with E-state index in [0.717, 1.165) is 19.0 Å². The molecule has 1 aromatic heterocycles. The third-order valence-corrected chi connectivity index (χ3v) is 3.77. The third kappa shape index (κ3) is 6.83. The van der Waals surface area contributed by atoms with Crippen molar-refractivity contribution in [3.8, 4) is 0 Å². The standard InChI is InChI=1S/C16H26N4O4.HI/c1-17-16(18-5-11-23-13-12-22-2)20-8-6-19(7-9-20)15(21)14-4-3-10-24-14;/h3-4,10H,5-9,11-13H2,1-2H3,(H,17,18);1H. The lowest BCUT2D eigenvalue weighted by atomic mass is 10.3. The highest BCUT2D eigenvalue weighted by Crippen LogP contribution is 2.09. The molecule has 8 nitrogen and oxygen atoms in total. The number of hydrogen-bond acceptors (Lipinski definition) is 5. The Morgan fingerprint density at radius 3 is 2.56 bits per heavy atom. The molecular weight excluding hydrogens is 439 g/mol. The van der Waals surface area contributed by atoms with Crippen LogP contribution in [-0.2, 0) is 9.47 Å². The van der Waals surface area contributed by atoms with E-state index in [1.807, 2.05) is 0 Å². The first kappa shape index (κ1) is 21.7. The number of guanidine groups is 1. The van der Waals surface area contributed by atoms with Crippen molar-refractivity contribution in [3.05, 3.63) is 24.2 Å². The van der Waals surface area contributed by atoms with Gasteiger partial charge in [0.05, 0.1) is 26.1 Å². The lowest BCUT2D eigenvalue weighted by Gasteiger charge is -2.36. The second-order valence-electron chi connectivity index (χ2n) is 5.34. The van der Waals surface area contributed by atoms with Gasteiger partial charge in [-0.15, -0.1) is 24.0 Å². The smallest absolute Gasteiger partial charge is 0.289 e. The first-order valence-electron chi connectivity index (χ1n) is 8.11. The molecule has 1 aromatic rings. The maximum absolute atomic E-state index is 12.2. The Hall–Kier alpha value is -1.33. The molecule has 0 radical (unpaired) electrons. The van der Waals surface area contributed by atoms with Crippen molar-refractivity contribution in [1.82, 2.24) is 15.1 Å². The summed E-state index contributed by atoms with van der Waals surface area (Å²) in [5.41, 5.74) is 0. The number of ether oxygens (including phenoxy) is 2. The molecule has 0 unspecified atom stereocenters. The number of piperazine rings is 1. The molecule has 1 fully saturated rings. The maximum Gasteiger partial charge on any atom is 0.289 e. The fraction of sp³-hybridized carbons (Fsp3) is 0.625. The maximum atomic E-state index is 12.2. The van der Waals surface area contributed by atoms with E-state index in [4.69, 9.17) is 13.9 Å². The molecule has 0 atom stereocenters.